The van der Waals surface area contributed by atoms with Crippen LogP contribution in [-0.2, 0) is 11.2 Å². The predicted octanol–water partition coefficient (Wildman–Crippen LogP) is 0.789. The lowest BCUT2D eigenvalue weighted by Gasteiger charge is -1.98. The van der Waals surface area contributed by atoms with Crippen molar-refractivity contribution in [1.29, 1.82) is 0 Å². The van der Waals surface area contributed by atoms with Crippen LogP contribution in [0.3, 0.4) is 0 Å². The molecule has 1 aliphatic carbocycles. The Morgan fingerprint density at radius 3 is 3.36 bits per heavy atom. The van der Waals surface area contributed by atoms with Crippen LogP contribution in [0.15, 0.2) is 10.7 Å². The number of carboxylic acids is 1. The van der Waals surface area contributed by atoms with E-state index in [9.17, 15) is 4.79 Å². The van der Waals surface area contributed by atoms with Crippen LogP contribution in [0, 0.1) is 0 Å². The number of carbonyl (C=O) groups is 1. The monoisotopic (exact) mass is 153 g/mol. The number of nitrogens with zero attached hydrogens (tertiary/aromatic N) is 1. The molecule has 1 N–H and O–H groups in total. The molecule has 1 heterocycles. The van der Waals surface area contributed by atoms with Crippen molar-refractivity contribution >= 4 is 5.97 Å². The fraction of sp³-hybridized carbons (Fsp3) is 0.429. The molecular weight excluding hydrogens is 146 g/mol. The largest absolute Gasteiger partial charge is 0.481 e. The summed E-state index contributed by atoms with van der Waals surface area (Å²) in [5.74, 6) is -0.745. The zero-order valence-electron chi connectivity index (χ0n) is 5.78. The average Bonchev–Trinajstić information content (AvgIpc) is 2.41. The van der Waals surface area contributed by atoms with E-state index in [1.165, 1.54) is 0 Å². The fourth-order valence-electron chi connectivity index (χ4n) is 1.41. The molecule has 4 nitrogen and oxygen atoms in total. The quantitative estimate of drug-likeness (QED) is 0.647. The third kappa shape index (κ3) is 0.824. The van der Waals surface area contributed by atoms with E-state index >= 15 is 0 Å². The van der Waals surface area contributed by atoms with Crippen LogP contribution >= 0.6 is 0 Å². The maximum atomic E-state index is 10.6. The maximum Gasteiger partial charge on any atom is 0.314 e. The van der Waals surface area contributed by atoms with E-state index in [1.807, 2.05) is 0 Å². The molecule has 1 aromatic rings. The average molecular weight is 153 g/mol. The minimum absolute atomic E-state index is 0.465. The summed E-state index contributed by atoms with van der Waals surface area (Å²) in [6, 6.07) is 0. The number of carboxylic acid groups (broad SMARTS) is 1. The molecule has 0 saturated heterocycles. The van der Waals surface area contributed by atoms with E-state index in [0.29, 0.717) is 12.2 Å². The summed E-state index contributed by atoms with van der Waals surface area (Å²) >= 11 is 0. The van der Waals surface area contributed by atoms with Gasteiger partial charge in [0.2, 0.25) is 0 Å². The molecule has 1 unspecified atom stereocenters. The molecule has 1 atom stereocenters. The Morgan fingerprint density at radius 2 is 2.64 bits per heavy atom. The van der Waals surface area contributed by atoms with Gasteiger partial charge in [-0.2, -0.15) is 0 Å². The normalized spacial score (nSPS) is 21.6. The van der Waals surface area contributed by atoms with E-state index in [2.05, 4.69) is 5.16 Å². The number of aryl methyl sites for hydroxylation is 1. The molecule has 0 aliphatic heterocycles. The van der Waals surface area contributed by atoms with E-state index in [4.69, 9.17) is 9.63 Å². The summed E-state index contributed by atoms with van der Waals surface area (Å²) < 4.78 is 4.82. The molecule has 0 radical (unpaired) electrons. The van der Waals surface area contributed by atoms with Crippen molar-refractivity contribution in [3.05, 3.63) is 17.5 Å². The lowest BCUT2D eigenvalue weighted by Crippen LogP contribution is -2.06. The molecule has 0 aromatic carbocycles. The van der Waals surface area contributed by atoms with Crippen molar-refractivity contribution in [2.45, 2.75) is 18.8 Å². The van der Waals surface area contributed by atoms with Gasteiger partial charge in [0.15, 0.2) is 5.76 Å². The zero-order chi connectivity index (χ0) is 7.84. The van der Waals surface area contributed by atoms with Crippen molar-refractivity contribution in [1.82, 2.24) is 5.16 Å². The third-order valence-corrected chi connectivity index (χ3v) is 1.99. The summed E-state index contributed by atoms with van der Waals surface area (Å²) in [7, 11) is 0. The number of fused-ring (bicyclic) bond motifs is 1. The van der Waals surface area contributed by atoms with Gasteiger partial charge in [0, 0.05) is 5.56 Å². The van der Waals surface area contributed by atoms with Crippen LogP contribution in [-0.4, -0.2) is 16.2 Å². The van der Waals surface area contributed by atoms with E-state index in [-0.39, 0.29) is 0 Å². The van der Waals surface area contributed by atoms with Crippen molar-refractivity contribution in [2.75, 3.05) is 0 Å². The first kappa shape index (κ1) is 6.39. The Labute approximate surface area is 62.8 Å². The number of hydrogen-bond acceptors (Lipinski definition) is 3. The Morgan fingerprint density at radius 1 is 1.82 bits per heavy atom. The molecule has 58 valence electrons. The zero-order valence-corrected chi connectivity index (χ0v) is 5.78. The molecule has 11 heavy (non-hydrogen) atoms. The van der Waals surface area contributed by atoms with Gasteiger partial charge in [-0.1, -0.05) is 5.16 Å². The lowest BCUT2D eigenvalue weighted by atomic mass is 10.1. The van der Waals surface area contributed by atoms with Crippen LogP contribution in [0.5, 0.6) is 0 Å². The Balaban J connectivity index is 2.38. The second-order valence-electron chi connectivity index (χ2n) is 2.64. The molecular formula is C7H7NO3. The van der Waals surface area contributed by atoms with Crippen LogP contribution in [0.2, 0.25) is 0 Å². The summed E-state index contributed by atoms with van der Waals surface area (Å²) in [5, 5.41) is 12.2. The Bertz CT molecular complexity index is 292. The number of rotatable bonds is 1. The number of hydrogen-bond donors (Lipinski definition) is 1. The first-order valence-corrected chi connectivity index (χ1v) is 3.45. The van der Waals surface area contributed by atoms with E-state index in [1.54, 1.807) is 6.20 Å². The Hall–Kier alpha value is -1.32. The van der Waals surface area contributed by atoms with Crippen molar-refractivity contribution in [3.63, 3.8) is 0 Å². The fourth-order valence-corrected chi connectivity index (χ4v) is 1.41. The van der Waals surface area contributed by atoms with Crippen LogP contribution in [0.25, 0.3) is 0 Å². The Kier molecular flexibility index (Phi) is 1.21. The second-order valence-corrected chi connectivity index (χ2v) is 2.64. The molecule has 0 amide bonds. The van der Waals surface area contributed by atoms with Gasteiger partial charge in [-0.3, -0.25) is 4.79 Å². The summed E-state index contributed by atoms with van der Waals surface area (Å²) in [6.45, 7) is 0. The lowest BCUT2D eigenvalue weighted by molar-refractivity contribution is -0.139. The molecule has 1 aliphatic rings. The molecule has 2 rings (SSSR count). The first-order valence-electron chi connectivity index (χ1n) is 3.45. The predicted molar refractivity (Wildman–Crippen MR) is 35.2 cm³/mol. The number of aromatic nitrogens is 1. The standard InChI is InChI=1S/C7H7NO3/c9-7(10)5-2-1-4-3-8-11-6(4)5/h3,5H,1-2H2,(H,9,10). The van der Waals surface area contributed by atoms with E-state index in [0.717, 1.165) is 12.0 Å². The van der Waals surface area contributed by atoms with Gasteiger partial charge in [-0.15, -0.1) is 0 Å². The van der Waals surface area contributed by atoms with Crippen molar-refractivity contribution < 1.29 is 14.4 Å². The minimum Gasteiger partial charge on any atom is -0.481 e. The van der Waals surface area contributed by atoms with Crippen LogP contribution < -0.4 is 0 Å². The maximum absolute atomic E-state index is 10.6. The molecule has 0 bridgehead atoms. The first-order chi connectivity index (χ1) is 5.29. The highest BCUT2D eigenvalue weighted by atomic mass is 16.5. The van der Waals surface area contributed by atoms with Crippen molar-refractivity contribution in [3.8, 4) is 0 Å². The minimum atomic E-state index is -0.819. The van der Waals surface area contributed by atoms with Crippen molar-refractivity contribution in [2.24, 2.45) is 0 Å². The smallest absolute Gasteiger partial charge is 0.314 e. The molecule has 0 fully saturated rings. The summed E-state index contributed by atoms with van der Waals surface area (Å²) in [6.07, 6.45) is 3.01. The molecule has 0 saturated carbocycles. The summed E-state index contributed by atoms with van der Waals surface area (Å²) in [4.78, 5) is 10.6. The second kappa shape index (κ2) is 2.08. The van der Waals surface area contributed by atoms with E-state index < -0.39 is 11.9 Å². The van der Waals surface area contributed by atoms with Gasteiger partial charge in [-0.25, -0.2) is 0 Å². The highest BCUT2D eigenvalue weighted by Gasteiger charge is 2.32. The highest BCUT2D eigenvalue weighted by Crippen LogP contribution is 2.32. The van der Waals surface area contributed by atoms with Crippen LogP contribution in [0.1, 0.15) is 23.7 Å². The topological polar surface area (TPSA) is 63.3 Å². The van der Waals surface area contributed by atoms with Gasteiger partial charge in [-0.05, 0) is 12.8 Å². The van der Waals surface area contributed by atoms with Gasteiger partial charge in [0.05, 0.1) is 6.20 Å². The number of aliphatic carboxylic acids is 1. The SMILES string of the molecule is O=C(O)C1CCc2cnoc21. The molecule has 4 heteroatoms. The molecule has 1 aromatic heterocycles. The third-order valence-electron chi connectivity index (χ3n) is 1.99. The summed E-state index contributed by atoms with van der Waals surface area (Å²) in [5.41, 5.74) is 0.942. The van der Waals surface area contributed by atoms with Gasteiger partial charge in [0.25, 0.3) is 0 Å². The van der Waals surface area contributed by atoms with Gasteiger partial charge >= 0.3 is 5.97 Å². The highest BCUT2D eigenvalue weighted by molar-refractivity contribution is 5.76. The van der Waals surface area contributed by atoms with Crippen LogP contribution in [0.4, 0.5) is 0 Å². The van der Waals surface area contributed by atoms with Gasteiger partial charge < -0.3 is 9.63 Å². The van der Waals surface area contributed by atoms with Gasteiger partial charge in [0.1, 0.15) is 5.92 Å². The molecule has 0 spiro atoms.